The van der Waals surface area contributed by atoms with Gasteiger partial charge in [0.15, 0.2) is 0 Å². The smallest absolute Gasteiger partial charge is 0.274 e. The Morgan fingerprint density at radius 3 is 2.80 bits per heavy atom. The lowest BCUT2D eigenvalue weighted by atomic mass is 10.1. The Kier molecular flexibility index (Phi) is 5.30. The van der Waals surface area contributed by atoms with Crippen LogP contribution in [-0.2, 0) is 6.42 Å². The van der Waals surface area contributed by atoms with Gasteiger partial charge in [-0.3, -0.25) is 4.79 Å². The summed E-state index contributed by atoms with van der Waals surface area (Å²) < 4.78 is 0. The number of aryl methyl sites for hydroxylation is 2. The zero-order valence-electron chi connectivity index (χ0n) is 11.4. The van der Waals surface area contributed by atoms with Crippen molar-refractivity contribution in [1.82, 2.24) is 4.98 Å². The lowest BCUT2D eigenvalue weighted by Crippen LogP contribution is -2.14. The molecule has 4 heteroatoms. The van der Waals surface area contributed by atoms with Gasteiger partial charge in [-0.25, -0.2) is 4.98 Å². The third-order valence-corrected chi connectivity index (χ3v) is 3.47. The highest BCUT2D eigenvalue weighted by Crippen LogP contribution is 2.14. The fraction of sp³-hybridized carbons (Fsp3) is 0.250. The van der Waals surface area contributed by atoms with Crippen LogP contribution in [-0.4, -0.2) is 16.2 Å². The first-order valence-corrected chi connectivity index (χ1v) is 7.71. The SMILES string of the molecule is Cc1cccc(C(=O)Nc2cccc(CCCBr)c2)n1. The number of halogens is 1. The van der Waals surface area contributed by atoms with Crippen LogP contribution in [0.2, 0.25) is 0 Å². The number of pyridine rings is 1. The van der Waals surface area contributed by atoms with Crippen LogP contribution in [0, 0.1) is 6.92 Å². The minimum atomic E-state index is -0.175. The van der Waals surface area contributed by atoms with Gasteiger partial charge in [-0.15, -0.1) is 0 Å². The fourth-order valence-electron chi connectivity index (χ4n) is 1.94. The molecule has 1 aromatic heterocycles. The molecule has 1 aromatic carbocycles. The second-order valence-corrected chi connectivity index (χ2v) is 5.40. The Balaban J connectivity index is 2.07. The number of anilines is 1. The number of carbonyl (C=O) groups is 1. The fourth-order valence-corrected chi connectivity index (χ4v) is 2.22. The number of nitrogens with zero attached hydrogens (tertiary/aromatic N) is 1. The van der Waals surface area contributed by atoms with Gasteiger partial charge < -0.3 is 5.32 Å². The monoisotopic (exact) mass is 332 g/mol. The molecule has 1 heterocycles. The van der Waals surface area contributed by atoms with Crippen molar-refractivity contribution in [2.75, 3.05) is 10.6 Å². The van der Waals surface area contributed by atoms with E-state index in [0.717, 1.165) is 29.6 Å². The number of amides is 1. The second kappa shape index (κ2) is 7.20. The van der Waals surface area contributed by atoms with Crippen LogP contribution in [0.5, 0.6) is 0 Å². The summed E-state index contributed by atoms with van der Waals surface area (Å²) in [5, 5.41) is 3.87. The molecule has 0 atom stereocenters. The van der Waals surface area contributed by atoms with Gasteiger partial charge in [0, 0.05) is 16.7 Å². The number of nitrogens with one attached hydrogen (secondary N) is 1. The third kappa shape index (κ3) is 4.17. The predicted octanol–water partition coefficient (Wildman–Crippen LogP) is 3.97. The highest BCUT2D eigenvalue weighted by Gasteiger charge is 2.07. The lowest BCUT2D eigenvalue weighted by molar-refractivity contribution is 0.102. The molecular weight excluding hydrogens is 316 g/mol. The minimum absolute atomic E-state index is 0.175. The molecule has 0 aliphatic rings. The van der Waals surface area contributed by atoms with Crippen molar-refractivity contribution in [3.05, 3.63) is 59.4 Å². The molecule has 2 rings (SSSR count). The van der Waals surface area contributed by atoms with E-state index in [1.54, 1.807) is 6.07 Å². The van der Waals surface area contributed by atoms with Gasteiger partial charge in [0.1, 0.15) is 5.69 Å². The number of hydrogen-bond acceptors (Lipinski definition) is 2. The van der Waals surface area contributed by atoms with E-state index >= 15 is 0 Å². The lowest BCUT2D eigenvalue weighted by Gasteiger charge is -2.07. The van der Waals surface area contributed by atoms with Gasteiger partial charge in [0.05, 0.1) is 0 Å². The van der Waals surface area contributed by atoms with Gasteiger partial charge >= 0.3 is 0 Å². The molecule has 3 nitrogen and oxygen atoms in total. The minimum Gasteiger partial charge on any atom is -0.321 e. The van der Waals surface area contributed by atoms with Gasteiger partial charge in [-0.2, -0.15) is 0 Å². The Hall–Kier alpha value is -1.68. The van der Waals surface area contributed by atoms with E-state index in [9.17, 15) is 4.79 Å². The van der Waals surface area contributed by atoms with Crippen LogP contribution >= 0.6 is 15.9 Å². The standard InChI is InChI=1S/C16H17BrN2O/c1-12-5-2-9-15(18-12)16(20)19-14-8-3-6-13(11-14)7-4-10-17/h2-3,5-6,8-9,11H,4,7,10H2,1H3,(H,19,20). The van der Waals surface area contributed by atoms with Crippen LogP contribution < -0.4 is 5.32 Å². The molecule has 1 amide bonds. The molecule has 0 saturated carbocycles. The van der Waals surface area contributed by atoms with Gasteiger partial charge in [0.25, 0.3) is 5.91 Å². The van der Waals surface area contributed by atoms with Crippen molar-refractivity contribution in [2.45, 2.75) is 19.8 Å². The molecule has 0 bridgehead atoms. The number of hydrogen-bond donors (Lipinski definition) is 1. The molecule has 0 aliphatic carbocycles. The maximum absolute atomic E-state index is 12.1. The van der Waals surface area contributed by atoms with Crippen molar-refractivity contribution >= 4 is 27.5 Å². The largest absolute Gasteiger partial charge is 0.321 e. The first kappa shape index (κ1) is 14.7. The first-order valence-electron chi connectivity index (χ1n) is 6.59. The molecule has 0 saturated heterocycles. The molecule has 0 radical (unpaired) electrons. The zero-order valence-corrected chi connectivity index (χ0v) is 13.0. The maximum atomic E-state index is 12.1. The summed E-state index contributed by atoms with van der Waals surface area (Å²) in [7, 11) is 0. The number of alkyl halides is 1. The van der Waals surface area contributed by atoms with E-state index in [0.29, 0.717) is 5.69 Å². The normalized spacial score (nSPS) is 10.3. The van der Waals surface area contributed by atoms with Crippen molar-refractivity contribution in [3.8, 4) is 0 Å². The van der Waals surface area contributed by atoms with Crippen LogP contribution in [0.1, 0.15) is 28.2 Å². The maximum Gasteiger partial charge on any atom is 0.274 e. The van der Waals surface area contributed by atoms with E-state index in [4.69, 9.17) is 0 Å². The number of rotatable bonds is 5. The molecule has 2 aromatic rings. The summed E-state index contributed by atoms with van der Waals surface area (Å²) in [5.74, 6) is -0.175. The number of carbonyl (C=O) groups excluding carboxylic acids is 1. The molecule has 20 heavy (non-hydrogen) atoms. The van der Waals surface area contributed by atoms with E-state index in [2.05, 4.69) is 32.3 Å². The highest BCUT2D eigenvalue weighted by molar-refractivity contribution is 9.09. The second-order valence-electron chi connectivity index (χ2n) is 4.61. The van der Waals surface area contributed by atoms with Crippen molar-refractivity contribution in [3.63, 3.8) is 0 Å². The molecule has 0 spiro atoms. The predicted molar refractivity (Wildman–Crippen MR) is 85.5 cm³/mol. The summed E-state index contributed by atoms with van der Waals surface area (Å²) in [5.41, 5.74) is 3.31. The molecule has 0 fully saturated rings. The first-order chi connectivity index (χ1) is 9.69. The Morgan fingerprint density at radius 2 is 2.05 bits per heavy atom. The Labute approximate surface area is 127 Å². The van der Waals surface area contributed by atoms with Gasteiger partial charge in [0.2, 0.25) is 0 Å². The summed E-state index contributed by atoms with van der Waals surface area (Å²) in [6, 6.07) is 13.4. The molecule has 0 unspecified atom stereocenters. The van der Waals surface area contributed by atoms with E-state index in [1.807, 2.05) is 37.3 Å². The molecular formula is C16H17BrN2O. The van der Waals surface area contributed by atoms with Crippen molar-refractivity contribution < 1.29 is 4.79 Å². The average Bonchev–Trinajstić information content (AvgIpc) is 2.45. The van der Waals surface area contributed by atoms with Crippen LogP contribution in [0.15, 0.2) is 42.5 Å². The number of aromatic nitrogens is 1. The summed E-state index contributed by atoms with van der Waals surface area (Å²) in [4.78, 5) is 16.3. The third-order valence-electron chi connectivity index (χ3n) is 2.90. The highest BCUT2D eigenvalue weighted by atomic mass is 79.9. The summed E-state index contributed by atoms with van der Waals surface area (Å²) >= 11 is 3.43. The Morgan fingerprint density at radius 1 is 1.25 bits per heavy atom. The zero-order chi connectivity index (χ0) is 14.4. The number of benzene rings is 1. The van der Waals surface area contributed by atoms with Gasteiger partial charge in [-0.1, -0.05) is 34.1 Å². The average molecular weight is 333 g/mol. The van der Waals surface area contributed by atoms with Crippen molar-refractivity contribution in [1.29, 1.82) is 0 Å². The van der Waals surface area contributed by atoms with Crippen LogP contribution in [0.3, 0.4) is 0 Å². The quantitative estimate of drug-likeness (QED) is 0.841. The molecule has 104 valence electrons. The van der Waals surface area contributed by atoms with E-state index in [-0.39, 0.29) is 5.91 Å². The van der Waals surface area contributed by atoms with E-state index in [1.165, 1.54) is 5.56 Å². The molecule has 0 aliphatic heterocycles. The Bertz CT molecular complexity index is 599. The van der Waals surface area contributed by atoms with Crippen molar-refractivity contribution in [2.24, 2.45) is 0 Å². The topological polar surface area (TPSA) is 42.0 Å². The van der Waals surface area contributed by atoms with E-state index < -0.39 is 0 Å². The summed E-state index contributed by atoms with van der Waals surface area (Å²) in [6.45, 7) is 1.87. The van der Waals surface area contributed by atoms with Gasteiger partial charge in [-0.05, 0) is 49.6 Å². The molecule has 1 N–H and O–H groups in total. The summed E-state index contributed by atoms with van der Waals surface area (Å²) in [6.07, 6.45) is 2.08. The van der Waals surface area contributed by atoms with Crippen LogP contribution in [0.4, 0.5) is 5.69 Å². The van der Waals surface area contributed by atoms with Crippen LogP contribution in [0.25, 0.3) is 0 Å².